The maximum absolute atomic E-state index is 12.5. The highest BCUT2D eigenvalue weighted by Crippen LogP contribution is 2.38. The summed E-state index contributed by atoms with van der Waals surface area (Å²) in [5.74, 6) is -0.871. The Bertz CT molecular complexity index is 794. The number of carbonyl (C=O) groups is 2. The van der Waals surface area contributed by atoms with Gasteiger partial charge in [-0.25, -0.2) is 0 Å². The van der Waals surface area contributed by atoms with Gasteiger partial charge in [-0.3, -0.25) is 14.2 Å². The zero-order valence-electron chi connectivity index (χ0n) is 27.2. The molecule has 0 spiro atoms. The quantitative estimate of drug-likeness (QED) is 0.0302. The van der Waals surface area contributed by atoms with E-state index < -0.39 is 32.5 Å². The van der Waals surface area contributed by atoms with Gasteiger partial charge in [0.15, 0.2) is 6.10 Å². The minimum Gasteiger partial charge on any atom is -0.756 e. The monoisotopic (exact) mass is 617 g/mol. The molecule has 0 bridgehead atoms. The number of esters is 2. The minimum absolute atomic E-state index is 0.0333. The van der Waals surface area contributed by atoms with Gasteiger partial charge in [0.2, 0.25) is 0 Å². The molecule has 0 saturated carbocycles. The Hall–Kier alpha value is -1.51. The summed E-state index contributed by atoms with van der Waals surface area (Å²) in [4.78, 5) is 36.8. The number of ether oxygens (including phenoxy) is 2. The number of rotatable bonds is 28. The van der Waals surface area contributed by atoms with Crippen molar-refractivity contribution in [3.05, 3.63) is 24.3 Å². The number of carbonyl (C=O) groups excluding carboxylic acids is 2. The zero-order valence-corrected chi connectivity index (χ0v) is 28.1. The van der Waals surface area contributed by atoms with E-state index in [9.17, 15) is 19.0 Å². The standard InChI is InChI=1S/C32H60NO8P/c1-6-8-10-12-13-14-15-16-17-18-19-21-23-25-32(35)41-30(28-38-31(34)24-22-20-11-9-7-2)29-40-42(36,37)39-27-26-33(3,4)5/h10,12,14-15,30H,6-9,11,13,16-29H2,1-5H3/b12-10-,15-14-. The van der Waals surface area contributed by atoms with Gasteiger partial charge >= 0.3 is 11.9 Å². The summed E-state index contributed by atoms with van der Waals surface area (Å²) < 4.78 is 33.4. The number of hydrogen-bond donors (Lipinski definition) is 0. The van der Waals surface area contributed by atoms with Gasteiger partial charge in [0.05, 0.1) is 27.7 Å². The Labute approximate surface area is 256 Å². The van der Waals surface area contributed by atoms with E-state index in [-0.39, 0.29) is 26.1 Å². The predicted molar refractivity (Wildman–Crippen MR) is 167 cm³/mol. The third-order valence-electron chi connectivity index (χ3n) is 6.46. The van der Waals surface area contributed by atoms with E-state index in [0.29, 0.717) is 17.4 Å². The van der Waals surface area contributed by atoms with Crippen molar-refractivity contribution in [2.75, 3.05) is 47.5 Å². The van der Waals surface area contributed by atoms with Crippen molar-refractivity contribution in [2.45, 2.75) is 123 Å². The Kier molecular flexibility index (Phi) is 25.0. The fraction of sp³-hybridized carbons (Fsp3) is 0.812. The van der Waals surface area contributed by atoms with E-state index in [2.05, 4.69) is 38.2 Å². The largest absolute Gasteiger partial charge is 0.756 e. The summed E-state index contributed by atoms with van der Waals surface area (Å²) in [6.45, 7) is 4.00. The van der Waals surface area contributed by atoms with Crippen LogP contribution in [0, 0.1) is 0 Å². The first-order valence-electron chi connectivity index (χ1n) is 16.0. The number of unbranched alkanes of at least 4 members (excludes halogenated alkanes) is 10. The maximum Gasteiger partial charge on any atom is 0.306 e. The Morgan fingerprint density at radius 3 is 1.98 bits per heavy atom. The van der Waals surface area contributed by atoms with Crippen LogP contribution in [0.15, 0.2) is 24.3 Å². The smallest absolute Gasteiger partial charge is 0.306 e. The van der Waals surface area contributed by atoms with Crippen molar-refractivity contribution >= 4 is 19.8 Å². The molecule has 246 valence electrons. The molecule has 0 aromatic heterocycles. The highest BCUT2D eigenvalue weighted by atomic mass is 31.2. The second-order valence-corrected chi connectivity index (χ2v) is 13.2. The summed E-state index contributed by atoms with van der Waals surface area (Å²) in [6, 6.07) is 0. The molecule has 0 amide bonds. The summed E-state index contributed by atoms with van der Waals surface area (Å²) >= 11 is 0. The van der Waals surface area contributed by atoms with Crippen LogP contribution in [0.4, 0.5) is 0 Å². The molecule has 0 aliphatic rings. The van der Waals surface area contributed by atoms with Crippen LogP contribution in [-0.2, 0) is 32.7 Å². The lowest BCUT2D eigenvalue weighted by molar-refractivity contribution is -0.870. The van der Waals surface area contributed by atoms with Crippen molar-refractivity contribution in [2.24, 2.45) is 0 Å². The highest BCUT2D eigenvalue weighted by molar-refractivity contribution is 7.45. The van der Waals surface area contributed by atoms with Gasteiger partial charge in [0.25, 0.3) is 7.82 Å². The third kappa shape index (κ3) is 28.6. The Balaban J connectivity index is 4.49. The first-order chi connectivity index (χ1) is 20.0. The average Bonchev–Trinajstić information content (AvgIpc) is 2.91. The van der Waals surface area contributed by atoms with Crippen molar-refractivity contribution in [3.63, 3.8) is 0 Å². The van der Waals surface area contributed by atoms with Crippen molar-refractivity contribution in [1.29, 1.82) is 0 Å². The molecule has 10 heteroatoms. The van der Waals surface area contributed by atoms with Crippen LogP contribution in [0.3, 0.4) is 0 Å². The van der Waals surface area contributed by atoms with Gasteiger partial charge in [-0.15, -0.1) is 0 Å². The second kappa shape index (κ2) is 25.9. The van der Waals surface area contributed by atoms with E-state index in [1.807, 2.05) is 21.1 Å². The van der Waals surface area contributed by atoms with E-state index in [0.717, 1.165) is 77.0 Å². The van der Waals surface area contributed by atoms with Crippen LogP contribution in [-0.4, -0.2) is 70.0 Å². The van der Waals surface area contributed by atoms with E-state index in [4.69, 9.17) is 18.5 Å². The topological polar surface area (TPSA) is 111 Å². The molecule has 0 N–H and O–H groups in total. The Morgan fingerprint density at radius 1 is 0.738 bits per heavy atom. The van der Waals surface area contributed by atoms with Crippen LogP contribution in [0.25, 0.3) is 0 Å². The van der Waals surface area contributed by atoms with Gasteiger partial charge in [-0.05, 0) is 38.5 Å². The molecule has 0 heterocycles. The fourth-order valence-electron chi connectivity index (χ4n) is 3.87. The van der Waals surface area contributed by atoms with E-state index in [1.54, 1.807) is 0 Å². The van der Waals surface area contributed by atoms with Gasteiger partial charge in [0.1, 0.15) is 19.8 Å². The summed E-state index contributed by atoms with van der Waals surface area (Å²) in [7, 11) is 1.15. The van der Waals surface area contributed by atoms with Gasteiger partial charge in [-0.1, -0.05) is 89.5 Å². The van der Waals surface area contributed by atoms with E-state index in [1.165, 1.54) is 6.42 Å². The zero-order chi connectivity index (χ0) is 31.5. The fourth-order valence-corrected chi connectivity index (χ4v) is 4.59. The first kappa shape index (κ1) is 40.5. The first-order valence-corrected chi connectivity index (χ1v) is 17.5. The van der Waals surface area contributed by atoms with Crippen LogP contribution >= 0.6 is 7.82 Å². The SMILES string of the molecule is CCC/C=C\C/C=C\CCCCCCCC(=O)OC(COC(=O)CCCCCCC)COP(=O)([O-])OCC[N+](C)(C)C. The summed E-state index contributed by atoms with van der Waals surface area (Å²) in [5, 5.41) is 0. The normalized spacial score (nSPS) is 14.3. The van der Waals surface area contributed by atoms with E-state index >= 15 is 0 Å². The lowest BCUT2D eigenvalue weighted by atomic mass is 10.1. The van der Waals surface area contributed by atoms with Gasteiger partial charge in [-0.2, -0.15) is 0 Å². The third-order valence-corrected chi connectivity index (χ3v) is 7.42. The van der Waals surface area contributed by atoms with Crippen LogP contribution < -0.4 is 4.89 Å². The Morgan fingerprint density at radius 2 is 1.33 bits per heavy atom. The number of nitrogens with zero attached hydrogens (tertiary/aromatic N) is 1. The highest BCUT2D eigenvalue weighted by Gasteiger charge is 2.21. The molecule has 2 atom stereocenters. The minimum atomic E-state index is -4.60. The lowest BCUT2D eigenvalue weighted by Gasteiger charge is -2.28. The summed E-state index contributed by atoms with van der Waals surface area (Å²) in [5.41, 5.74) is 0. The summed E-state index contributed by atoms with van der Waals surface area (Å²) in [6.07, 6.45) is 22.5. The molecule has 0 saturated heterocycles. The number of quaternary nitrogens is 1. The second-order valence-electron chi connectivity index (χ2n) is 11.8. The van der Waals surface area contributed by atoms with Gasteiger partial charge < -0.3 is 27.9 Å². The number of hydrogen-bond acceptors (Lipinski definition) is 8. The van der Waals surface area contributed by atoms with Gasteiger partial charge in [0, 0.05) is 12.8 Å². The average molecular weight is 618 g/mol. The number of allylic oxidation sites excluding steroid dienone is 4. The molecule has 2 unspecified atom stereocenters. The molecule has 0 aromatic rings. The van der Waals surface area contributed by atoms with Crippen LogP contribution in [0.5, 0.6) is 0 Å². The van der Waals surface area contributed by atoms with Crippen LogP contribution in [0.2, 0.25) is 0 Å². The number of phosphoric acid groups is 1. The molecule has 0 fully saturated rings. The lowest BCUT2D eigenvalue weighted by Crippen LogP contribution is -2.37. The predicted octanol–water partition coefficient (Wildman–Crippen LogP) is 7.04. The molecule has 0 radical (unpaired) electrons. The molecule has 0 aliphatic carbocycles. The van der Waals surface area contributed by atoms with Crippen molar-refractivity contribution in [3.8, 4) is 0 Å². The molecule has 0 aliphatic heterocycles. The molecular weight excluding hydrogens is 557 g/mol. The number of likely N-dealkylation sites (N-methyl/N-ethyl adjacent to an activating group) is 1. The molecule has 9 nitrogen and oxygen atoms in total. The molecular formula is C32H60NO8P. The maximum atomic E-state index is 12.5. The number of phosphoric ester groups is 1. The van der Waals surface area contributed by atoms with Crippen molar-refractivity contribution < 1.29 is 42.1 Å². The molecule has 42 heavy (non-hydrogen) atoms. The van der Waals surface area contributed by atoms with Crippen molar-refractivity contribution in [1.82, 2.24) is 0 Å². The van der Waals surface area contributed by atoms with Crippen LogP contribution in [0.1, 0.15) is 117 Å². The molecule has 0 aromatic carbocycles. The molecule has 0 rings (SSSR count).